The topological polar surface area (TPSA) is 97.0 Å². The third-order valence-electron chi connectivity index (χ3n) is 3.45. The molecular weight excluding hydrogens is 356 g/mol. The second-order valence-electron chi connectivity index (χ2n) is 5.50. The summed E-state index contributed by atoms with van der Waals surface area (Å²) in [5, 5.41) is 16.5. The largest absolute Gasteiger partial charge is 0.466 e. The van der Waals surface area contributed by atoms with Gasteiger partial charge in [0, 0.05) is 30.0 Å². The van der Waals surface area contributed by atoms with Crippen LogP contribution < -0.4 is 5.32 Å². The van der Waals surface area contributed by atoms with Gasteiger partial charge in [0.05, 0.1) is 29.9 Å². The standard InChI is InChI=1S/C18H17ClN4O3/c1-12(21-17(24)5-6-18(25)26-2)11-23-8-7-16(22-23)13-3-4-14(10-20)15(19)9-13/h3-9,12H,11H2,1-2H3,(H,21,24)/b6-5+/t12-/m0/s1. The third kappa shape index (κ3) is 5.19. The maximum Gasteiger partial charge on any atom is 0.330 e. The summed E-state index contributed by atoms with van der Waals surface area (Å²) in [5.41, 5.74) is 1.91. The molecular formula is C18H17ClN4O3. The van der Waals surface area contributed by atoms with Gasteiger partial charge in [-0.2, -0.15) is 10.4 Å². The fraction of sp³-hybridized carbons (Fsp3) is 0.222. The first-order chi connectivity index (χ1) is 12.4. The molecule has 1 aromatic carbocycles. The van der Waals surface area contributed by atoms with Crippen molar-refractivity contribution in [1.29, 1.82) is 5.26 Å². The van der Waals surface area contributed by atoms with Crippen LogP contribution in [0.4, 0.5) is 0 Å². The summed E-state index contributed by atoms with van der Waals surface area (Å²) >= 11 is 6.05. The van der Waals surface area contributed by atoms with Crippen molar-refractivity contribution in [2.45, 2.75) is 19.5 Å². The lowest BCUT2D eigenvalue weighted by molar-refractivity contribution is -0.135. The lowest BCUT2D eigenvalue weighted by Crippen LogP contribution is -2.34. The maximum atomic E-state index is 11.7. The van der Waals surface area contributed by atoms with Gasteiger partial charge in [-0.15, -0.1) is 0 Å². The Morgan fingerprint density at radius 3 is 2.85 bits per heavy atom. The summed E-state index contributed by atoms with van der Waals surface area (Å²) < 4.78 is 6.11. The number of halogens is 1. The van der Waals surface area contributed by atoms with Crippen LogP contribution in [0.25, 0.3) is 11.3 Å². The van der Waals surface area contributed by atoms with Gasteiger partial charge in [-0.25, -0.2) is 4.79 Å². The molecule has 7 nitrogen and oxygen atoms in total. The molecule has 0 aliphatic rings. The first-order valence-corrected chi connectivity index (χ1v) is 8.10. The summed E-state index contributed by atoms with van der Waals surface area (Å²) in [5.74, 6) is -0.986. The SMILES string of the molecule is COC(=O)/C=C/C(=O)N[C@@H](C)Cn1ccc(-c2ccc(C#N)c(Cl)c2)n1. The molecule has 2 aromatic rings. The van der Waals surface area contributed by atoms with Crippen molar-refractivity contribution >= 4 is 23.5 Å². The molecule has 2 rings (SSSR count). The van der Waals surface area contributed by atoms with Gasteiger partial charge in [-0.1, -0.05) is 17.7 Å². The molecule has 8 heteroatoms. The van der Waals surface area contributed by atoms with Crippen molar-refractivity contribution in [2.75, 3.05) is 7.11 Å². The molecule has 1 aromatic heterocycles. The first-order valence-electron chi connectivity index (χ1n) is 7.73. The van der Waals surface area contributed by atoms with E-state index in [0.29, 0.717) is 22.8 Å². The first kappa shape index (κ1) is 19.2. The highest BCUT2D eigenvalue weighted by molar-refractivity contribution is 6.32. The quantitative estimate of drug-likeness (QED) is 0.620. The van der Waals surface area contributed by atoms with Crippen LogP contribution in [0.1, 0.15) is 12.5 Å². The number of carbonyl (C=O) groups excluding carboxylic acids is 2. The number of esters is 1. The van der Waals surface area contributed by atoms with Crippen molar-refractivity contribution in [3.8, 4) is 17.3 Å². The molecule has 1 N–H and O–H groups in total. The highest BCUT2D eigenvalue weighted by atomic mass is 35.5. The van der Waals surface area contributed by atoms with Crippen LogP contribution in [0, 0.1) is 11.3 Å². The van der Waals surface area contributed by atoms with Gasteiger partial charge < -0.3 is 10.1 Å². The molecule has 1 heterocycles. The fourth-order valence-electron chi connectivity index (χ4n) is 2.21. The summed E-state index contributed by atoms with van der Waals surface area (Å²) in [6, 6.07) is 8.74. The number of methoxy groups -OCH3 is 1. The summed E-state index contributed by atoms with van der Waals surface area (Å²) in [7, 11) is 1.24. The van der Waals surface area contributed by atoms with E-state index in [1.54, 1.807) is 29.1 Å². The molecule has 0 saturated carbocycles. The zero-order valence-corrected chi connectivity index (χ0v) is 15.0. The Morgan fingerprint density at radius 2 is 2.19 bits per heavy atom. The van der Waals surface area contributed by atoms with E-state index < -0.39 is 11.9 Å². The van der Waals surface area contributed by atoms with Crippen molar-refractivity contribution < 1.29 is 14.3 Å². The van der Waals surface area contributed by atoms with E-state index in [0.717, 1.165) is 17.7 Å². The number of nitrogens with one attached hydrogen (secondary N) is 1. The van der Waals surface area contributed by atoms with Gasteiger partial charge in [0.2, 0.25) is 5.91 Å². The van der Waals surface area contributed by atoms with Crippen LogP contribution in [-0.2, 0) is 20.9 Å². The predicted molar refractivity (Wildman–Crippen MR) is 96.1 cm³/mol. The highest BCUT2D eigenvalue weighted by Crippen LogP contribution is 2.24. The van der Waals surface area contributed by atoms with Crippen LogP contribution >= 0.6 is 11.6 Å². The van der Waals surface area contributed by atoms with Crippen molar-refractivity contribution in [3.63, 3.8) is 0 Å². The Bertz CT molecular complexity index is 883. The van der Waals surface area contributed by atoms with E-state index in [1.165, 1.54) is 7.11 Å². The highest BCUT2D eigenvalue weighted by Gasteiger charge is 2.10. The Labute approximate surface area is 155 Å². The number of ether oxygens (including phenoxy) is 1. The fourth-order valence-corrected chi connectivity index (χ4v) is 2.43. The minimum atomic E-state index is -0.592. The molecule has 0 bridgehead atoms. The second kappa shape index (κ2) is 8.83. The summed E-state index contributed by atoms with van der Waals surface area (Å²) in [6.07, 6.45) is 3.96. The number of hydrogen-bond acceptors (Lipinski definition) is 5. The molecule has 0 spiro atoms. The van der Waals surface area contributed by atoms with E-state index in [9.17, 15) is 9.59 Å². The van der Waals surface area contributed by atoms with Gasteiger partial charge in [-0.3, -0.25) is 9.48 Å². The molecule has 0 saturated heterocycles. The number of hydrogen-bond donors (Lipinski definition) is 1. The molecule has 0 radical (unpaired) electrons. The number of benzene rings is 1. The van der Waals surface area contributed by atoms with Crippen molar-refractivity contribution in [2.24, 2.45) is 0 Å². The van der Waals surface area contributed by atoms with E-state index in [2.05, 4.69) is 15.2 Å². The number of rotatable bonds is 6. The molecule has 26 heavy (non-hydrogen) atoms. The average Bonchev–Trinajstić information content (AvgIpc) is 3.07. The number of amides is 1. The molecule has 0 fully saturated rings. The zero-order chi connectivity index (χ0) is 19.1. The lowest BCUT2D eigenvalue weighted by Gasteiger charge is -2.12. The molecule has 134 valence electrons. The predicted octanol–water partition coefficient (Wildman–Crippen LogP) is 2.31. The number of aromatic nitrogens is 2. The van der Waals surface area contributed by atoms with Crippen LogP contribution in [-0.4, -0.2) is 34.8 Å². The minimum Gasteiger partial charge on any atom is -0.466 e. The zero-order valence-electron chi connectivity index (χ0n) is 14.3. The average molecular weight is 373 g/mol. The second-order valence-corrected chi connectivity index (χ2v) is 5.90. The lowest BCUT2D eigenvalue weighted by atomic mass is 10.1. The normalized spacial score (nSPS) is 11.8. The molecule has 0 aliphatic carbocycles. The van der Waals surface area contributed by atoms with Gasteiger partial charge >= 0.3 is 5.97 Å². The van der Waals surface area contributed by atoms with Gasteiger partial charge in [-0.05, 0) is 25.1 Å². The van der Waals surface area contributed by atoms with E-state index >= 15 is 0 Å². The van der Waals surface area contributed by atoms with Gasteiger partial charge in [0.25, 0.3) is 0 Å². The van der Waals surface area contributed by atoms with E-state index in [-0.39, 0.29) is 6.04 Å². The smallest absolute Gasteiger partial charge is 0.330 e. The molecule has 0 unspecified atom stereocenters. The van der Waals surface area contributed by atoms with Gasteiger partial charge in [0.15, 0.2) is 0 Å². The Balaban J connectivity index is 1.98. The molecule has 1 amide bonds. The number of carbonyl (C=O) groups is 2. The Hall–Kier alpha value is -3.11. The van der Waals surface area contributed by atoms with Crippen LogP contribution in [0.2, 0.25) is 5.02 Å². The van der Waals surface area contributed by atoms with Gasteiger partial charge in [0.1, 0.15) is 6.07 Å². The summed E-state index contributed by atoms with van der Waals surface area (Å²) in [6.45, 7) is 2.27. The summed E-state index contributed by atoms with van der Waals surface area (Å²) in [4.78, 5) is 22.7. The van der Waals surface area contributed by atoms with E-state index in [1.807, 2.05) is 19.1 Å². The number of nitriles is 1. The number of nitrogens with zero attached hydrogens (tertiary/aromatic N) is 3. The minimum absolute atomic E-state index is 0.206. The van der Waals surface area contributed by atoms with Crippen LogP contribution in [0.5, 0.6) is 0 Å². The van der Waals surface area contributed by atoms with Crippen LogP contribution in [0.3, 0.4) is 0 Å². The third-order valence-corrected chi connectivity index (χ3v) is 3.76. The molecule has 1 atom stereocenters. The van der Waals surface area contributed by atoms with Crippen molar-refractivity contribution in [1.82, 2.24) is 15.1 Å². The maximum absolute atomic E-state index is 11.7. The monoisotopic (exact) mass is 372 g/mol. The van der Waals surface area contributed by atoms with Crippen molar-refractivity contribution in [3.05, 3.63) is 53.2 Å². The van der Waals surface area contributed by atoms with Crippen LogP contribution in [0.15, 0.2) is 42.6 Å². The van der Waals surface area contributed by atoms with E-state index in [4.69, 9.17) is 16.9 Å². The Kier molecular flexibility index (Phi) is 6.53. The Morgan fingerprint density at radius 1 is 1.42 bits per heavy atom. The molecule has 0 aliphatic heterocycles.